The fraction of sp³-hybridized carbons (Fsp3) is 0.385. The Hall–Kier alpha value is -3.52. The predicted octanol–water partition coefficient (Wildman–Crippen LogP) is 4.09. The van der Waals surface area contributed by atoms with Crippen molar-refractivity contribution in [2.24, 2.45) is 5.92 Å². The predicted molar refractivity (Wildman–Crippen MR) is 134 cm³/mol. The number of piperidine rings is 1. The van der Waals surface area contributed by atoms with Crippen LogP contribution in [0.25, 0.3) is 17.0 Å². The third kappa shape index (κ3) is 4.59. The second kappa shape index (κ2) is 9.38. The molecule has 4 heterocycles. The van der Waals surface area contributed by atoms with Crippen LogP contribution in [0, 0.1) is 5.92 Å². The third-order valence-corrected chi connectivity index (χ3v) is 6.80. The number of benzene rings is 1. The van der Waals surface area contributed by atoms with Gasteiger partial charge in [0.25, 0.3) is 0 Å². The van der Waals surface area contributed by atoms with E-state index >= 15 is 0 Å². The fourth-order valence-corrected chi connectivity index (χ4v) is 4.63. The van der Waals surface area contributed by atoms with Crippen molar-refractivity contribution in [2.75, 3.05) is 30.3 Å². The Labute approximate surface area is 199 Å². The quantitative estimate of drug-likeness (QED) is 0.369. The van der Waals surface area contributed by atoms with Gasteiger partial charge >= 0.3 is 0 Å². The Morgan fingerprint density at radius 3 is 2.53 bits per heavy atom. The molecule has 0 atom stereocenters. The number of anilines is 2. The Morgan fingerprint density at radius 1 is 0.971 bits per heavy atom. The highest BCUT2D eigenvalue weighted by Crippen LogP contribution is 2.42. The fourth-order valence-electron chi connectivity index (χ4n) is 4.63. The van der Waals surface area contributed by atoms with Crippen LogP contribution in [-0.2, 0) is 6.54 Å². The summed E-state index contributed by atoms with van der Waals surface area (Å²) in [5.74, 6) is 3.92. The zero-order valence-corrected chi connectivity index (χ0v) is 19.2. The molecule has 0 amide bonds. The van der Waals surface area contributed by atoms with Crippen LogP contribution in [0.2, 0.25) is 0 Å². The summed E-state index contributed by atoms with van der Waals surface area (Å²) in [6.45, 7) is 3.87. The zero-order valence-electron chi connectivity index (χ0n) is 19.2. The molecule has 8 nitrogen and oxygen atoms in total. The minimum absolute atomic E-state index is 0.602. The molecule has 2 fully saturated rings. The van der Waals surface area contributed by atoms with Gasteiger partial charge < -0.3 is 16.0 Å². The first kappa shape index (κ1) is 21.0. The molecule has 1 aliphatic heterocycles. The number of nitrogens with zero attached hydrogens (tertiary/aromatic N) is 5. The molecule has 1 aromatic carbocycles. The molecule has 0 spiro atoms. The molecule has 1 saturated heterocycles. The Balaban J connectivity index is 1.21. The van der Waals surface area contributed by atoms with E-state index in [-0.39, 0.29) is 0 Å². The third-order valence-electron chi connectivity index (χ3n) is 6.80. The number of aromatic nitrogens is 5. The van der Waals surface area contributed by atoms with E-state index in [0.717, 1.165) is 48.3 Å². The van der Waals surface area contributed by atoms with Gasteiger partial charge in [0.1, 0.15) is 11.6 Å². The second-order valence-electron chi connectivity index (χ2n) is 9.33. The van der Waals surface area contributed by atoms with Crippen LogP contribution in [0.4, 0.5) is 11.6 Å². The molecule has 34 heavy (non-hydrogen) atoms. The van der Waals surface area contributed by atoms with Crippen LogP contribution < -0.4 is 16.0 Å². The molecule has 0 radical (unpaired) electrons. The van der Waals surface area contributed by atoms with Crippen molar-refractivity contribution in [3.05, 3.63) is 66.1 Å². The molecule has 3 aromatic heterocycles. The molecule has 8 heteroatoms. The molecule has 174 valence electrons. The highest BCUT2D eigenvalue weighted by Gasteiger charge is 2.28. The van der Waals surface area contributed by atoms with Crippen molar-refractivity contribution in [1.29, 1.82) is 0 Å². The van der Waals surface area contributed by atoms with E-state index in [1.54, 1.807) is 12.4 Å². The first-order valence-corrected chi connectivity index (χ1v) is 12.3. The summed E-state index contributed by atoms with van der Waals surface area (Å²) < 4.78 is 1.95. The van der Waals surface area contributed by atoms with Crippen molar-refractivity contribution < 1.29 is 0 Å². The van der Waals surface area contributed by atoms with Crippen LogP contribution in [0.3, 0.4) is 0 Å². The molecule has 3 N–H and O–H groups in total. The van der Waals surface area contributed by atoms with Crippen LogP contribution in [0.15, 0.2) is 55.0 Å². The first-order valence-electron chi connectivity index (χ1n) is 12.3. The van der Waals surface area contributed by atoms with E-state index in [0.29, 0.717) is 18.4 Å². The summed E-state index contributed by atoms with van der Waals surface area (Å²) >= 11 is 0. The Bertz CT molecular complexity index is 1240. The maximum Gasteiger partial charge on any atom is 0.163 e. The second-order valence-corrected chi connectivity index (χ2v) is 9.33. The van der Waals surface area contributed by atoms with Crippen LogP contribution >= 0.6 is 0 Å². The first-order chi connectivity index (χ1) is 16.8. The summed E-state index contributed by atoms with van der Waals surface area (Å²) in [7, 11) is 0. The maximum absolute atomic E-state index is 4.96. The van der Waals surface area contributed by atoms with Crippen molar-refractivity contribution in [3.63, 3.8) is 0 Å². The van der Waals surface area contributed by atoms with Gasteiger partial charge in [-0.1, -0.05) is 24.3 Å². The average Bonchev–Trinajstić information content (AvgIpc) is 3.66. The molecule has 0 unspecified atom stereocenters. The summed E-state index contributed by atoms with van der Waals surface area (Å²) in [5.41, 5.74) is 4.43. The van der Waals surface area contributed by atoms with Crippen LogP contribution in [-0.4, -0.2) is 44.2 Å². The SMILES string of the molecule is c1cnc(-c2ccc(CNc3cc(NCC4CCNCC4)nc4c(C5CC5)cnn34)cc2)nc1. The van der Waals surface area contributed by atoms with Gasteiger partial charge in [-0.15, -0.1) is 0 Å². The number of rotatable bonds is 8. The van der Waals surface area contributed by atoms with E-state index in [1.807, 2.05) is 16.8 Å². The normalized spacial score (nSPS) is 16.6. The summed E-state index contributed by atoms with van der Waals surface area (Å²) in [4.78, 5) is 13.6. The number of nitrogens with one attached hydrogen (secondary N) is 3. The highest BCUT2D eigenvalue weighted by molar-refractivity contribution is 5.62. The van der Waals surface area contributed by atoms with E-state index in [2.05, 4.69) is 61.3 Å². The Morgan fingerprint density at radius 2 is 1.76 bits per heavy atom. The van der Waals surface area contributed by atoms with Crippen molar-refractivity contribution in [2.45, 2.75) is 38.1 Å². The van der Waals surface area contributed by atoms with Gasteiger partial charge in [-0.3, -0.25) is 0 Å². The van der Waals surface area contributed by atoms with Gasteiger partial charge in [-0.05, 0) is 62.2 Å². The summed E-state index contributed by atoms with van der Waals surface area (Å²) in [6, 6.07) is 12.3. The molecule has 4 aromatic rings. The van der Waals surface area contributed by atoms with Crippen LogP contribution in [0.1, 0.15) is 42.7 Å². The van der Waals surface area contributed by atoms with Gasteiger partial charge in [-0.2, -0.15) is 9.61 Å². The number of hydrogen-bond acceptors (Lipinski definition) is 7. The van der Waals surface area contributed by atoms with Gasteiger partial charge in [0.2, 0.25) is 0 Å². The summed E-state index contributed by atoms with van der Waals surface area (Å²) in [5, 5.41) is 15.3. The lowest BCUT2D eigenvalue weighted by Gasteiger charge is -2.23. The number of hydrogen-bond donors (Lipinski definition) is 3. The number of fused-ring (bicyclic) bond motifs is 1. The average molecular weight is 455 g/mol. The van der Waals surface area contributed by atoms with E-state index < -0.39 is 0 Å². The molecule has 2 aliphatic rings. The highest BCUT2D eigenvalue weighted by atomic mass is 15.3. The molecule has 1 aliphatic carbocycles. The molecule has 1 saturated carbocycles. The monoisotopic (exact) mass is 454 g/mol. The van der Waals surface area contributed by atoms with Crippen LogP contribution in [0.5, 0.6) is 0 Å². The van der Waals surface area contributed by atoms with E-state index in [9.17, 15) is 0 Å². The topological polar surface area (TPSA) is 92.1 Å². The van der Waals surface area contributed by atoms with Gasteiger partial charge in [0, 0.05) is 42.7 Å². The van der Waals surface area contributed by atoms with E-state index in [1.165, 1.54) is 36.8 Å². The smallest absolute Gasteiger partial charge is 0.163 e. The molecular weight excluding hydrogens is 424 g/mol. The van der Waals surface area contributed by atoms with Crippen molar-refractivity contribution in [1.82, 2.24) is 29.9 Å². The van der Waals surface area contributed by atoms with Gasteiger partial charge in [-0.25, -0.2) is 15.0 Å². The minimum Gasteiger partial charge on any atom is -0.370 e. The lowest BCUT2D eigenvalue weighted by Crippen LogP contribution is -2.31. The van der Waals surface area contributed by atoms with Gasteiger partial charge in [0.15, 0.2) is 11.5 Å². The lowest BCUT2D eigenvalue weighted by molar-refractivity contribution is 0.389. The summed E-state index contributed by atoms with van der Waals surface area (Å²) in [6.07, 6.45) is 10.4. The largest absolute Gasteiger partial charge is 0.370 e. The molecular formula is C26H30N8. The lowest BCUT2D eigenvalue weighted by atomic mass is 9.98. The van der Waals surface area contributed by atoms with E-state index in [4.69, 9.17) is 4.98 Å². The standard InChI is InChI=1S/C26H30N8/c1-10-28-25(29-11-1)21-4-2-18(3-5-21)16-31-24-14-23(30-15-19-8-12-27-13-9-19)33-26-22(20-6-7-20)17-32-34(24)26/h1-5,10-11,14,17,19-20,27,31H,6-9,12-13,15-16H2,(H,30,33). The minimum atomic E-state index is 0.602. The zero-order chi connectivity index (χ0) is 22.7. The van der Waals surface area contributed by atoms with Gasteiger partial charge in [0.05, 0.1) is 6.20 Å². The van der Waals surface area contributed by atoms with Crippen molar-refractivity contribution in [3.8, 4) is 11.4 Å². The molecule has 0 bridgehead atoms. The maximum atomic E-state index is 4.96. The van der Waals surface area contributed by atoms with Crippen molar-refractivity contribution >= 4 is 17.3 Å². The molecule has 6 rings (SSSR count). The Kier molecular flexibility index (Phi) is 5.81.